The van der Waals surface area contributed by atoms with E-state index in [2.05, 4.69) is 4.74 Å². The molecule has 1 aliphatic rings. The zero-order chi connectivity index (χ0) is 18.2. The van der Waals surface area contributed by atoms with Gasteiger partial charge in [0.25, 0.3) is 0 Å². The maximum absolute atomic E-state index is 14.3. The van der Waals surface area contributed by atoms with E-state index in [1.165, 1.54) is 5.56 Å². The Bertz CT molecular complexity index is 819. The zero-order valence-corrected chi connectivity index (χ0v) is 13.4. The number of rotatable bonds is 3. The van der Waals surface area contributed by atoms with Crippen LogP contribution in [0.2, 0.25) is 0 Å². The van der Waals surface area contributed by atoms with Crippen molar-refractivity contribution in [1.82, 2.24) is 0 Å². The average molecular weight is 354 g/mol. The van der Waals surface area contributed by atoms with Gasteiger partial charge >= 0.3 is 6.36 Å². The van der Waals surface area contributed by atoms with Crippen molar-refractivity contribution in [3.05, 3.63) is 70.3 Å². The number of allylic oxidation sites excluding steroid dienone is 2. The third-order valence-electron chi connectivity index (χ3n) is 4.25. The minimum Gasteiger partial charge on any atom is -0.399 e. The van der Waals surface area contributed by atoms with Gasteiger partial charge in [-0.2, -0.15) is 0 Å². The fourth-order valence-electron chi connectivity index (χ4n) is 2.95. The van der Waals surface area contributed by atoms with Crippen LogP contribution < -0.4 is 4.74 Å². The molecule has 2 aromatic carbocycles. The SMILES string of the molecule is CCc1ccc(C2=CCc3c(cc(F)c(OC(F)(F)F)c3F)C2)cc1. The molecule has 3 rings (SSSR count). The standard InChI is InChI=1S/C19H15F5O/c1-2-11-3-5-12(6-4-11)13-7-8-15-14(9-13)10-16(20)18(17(15)21)25-19(22,23)24/h3-7,10H,2,8-9H2,1H3. The number of hydrogen-bond donors (Lipinski definition) is 0. The number of halogens is 5. The minimum absolute atomic E-state index is 0.0366. The van der Waals surface area contributed by atoms with E-state index in [1.807, 2.05) is 31.2 Å². The molecule has 1 aliphatic carbocycles. The summed E-state index contributed by atoms with van der Waals surface area (Å²) < 4.78 is 68.6. The van der Waals surface area contributed by atoms with Crippen LogP contribution in [0.15, 0.2) is 36.4 Å². The molecule has 0 amide bonds. The fraction of sp³-hybridized carbons (Fsp3) is 0.263. The van der Waals surface area contributed by atoms with Crippen LogP contribution in [0.25, 0.3) is 5.57 Å². The number of aryl methyl sites for hydroxylation is 1. The van der Waals surface area contributed by atoms with Crippen LogP contribution in [0.5, 0.6) is 5.75 Å². The van der Waals surface area contributed by atoms with Crippen molar-refractivity contribution in [1.29, 1.82) is 0 Å². The van der Waals surface area contributed by atoms with Crippen LogP contribution >= 0.6 is 0 Å². The molecule has 0 aromatic heterocycles. The average Bonchev–Trinajstić information content (AvgIpc) is 2.57. The Balaban J connectivity index is 1.92. The summed E-state index contributed by atoms with van der Waals surface area (Å²) in [6.45, 7) is 2.04. The van der Waals surface area contributed by atoms with Gasteiger partial charge < -0.3 is 4.74 Å². The lowest BCUT2D eigenvalue weighted by atomic mass is 9.87. The maximum atomic E-state index is 14.3. The molecule has 0 bridgehead atoms. The van der Waals surface area contributed by atoms with Crippen molar-refractivity contribution < 1.29 is 26.7 Å². The van der Waals surface area contributed by atoms with Crippen LogP contribution in [-0.2, 0) is 19.3 Å². The van der Waals surface area contributed by atoms with Crippen molar-refractivity contribution in [2.75, 3.05) is 0 Å². The van der Waals surface area contributed by atoms with Gasteiger partial charge in [-0.25, -0.2) is 8.78 Å². The van der Waals surface area contributed by atoms with Crippen molar-refractivity contribution in [3.63, 3.8) is 0 Å². The van der Waals surface area contributed by atoms with Gasteiger partial charge in [-0.3, -0.25) is 0 Å². The molecular formula is C19H15F5O. The zero-order valence-electron chi connectivity index (χ0n) is 13.4. The lowest BCUT2D eigenvalue weighted by Gasteiger charge is -2.20. The Morgan fingerprint density at radius 2 is 1.76 bits per heavy atom. The van der Waals surface area contributed by atoms with E-state index in [0.717, 1.165) is 23.6 Å². The van der Waals surface area contributed by atoms with E-state index < -0.39 is 23.7 Å². The van der Waals surface area contributed by atoms with Gasteiger partial charge in [-0.1, -0.05) is 37.3 Å². The molecule has 0 saturated heterocycles. The lowest BCUT2D eigenvalue weighted by Crippen LogP contribution is -2.20. The second kappa shape index (κ2) is 6.50. The summed E-state index contributed by atoms with van der Waals surface area (Å²) in [5.41, 5.74) is 3.36. The normalized spacial score (nSPS) is 14.1. The topological polar surface area (TPSA) is 9.23 Å². The summed E-state index contributed by atoms with van der Waals surface area (Å²) in [6.07, 6.45) is -2.16. The van der Waals surface area contributed by atoms with E-state index in [-0.39, 0.29) is 18.4 Å². The molecule has 0 unspecified atom stereocenters. The number of alkyl halides is 3. The van der Waals surface area contributed by atoms with E-state index in [0.29, 0.717) is 5.56 Å². The van der Waals surface area contributed by atoms with Crippen LogP contribution in [0.1, 0.15) is 29.2 Å². The Kier molecular flexibility index (Phi) is 4.54. The minimum atomic E-state index is -5.15. The number of benzene rings is 2. The predicted octanol–water partition coefficient (Wildman–Crippen LogP) is 5.61. The van der Waals surface area contributed by atoms with Gasteiger partial charge in [0.1, 0.15) is 0 Å². The Morgan fingerprint density at radius 1 is 1.08 bits per heavy atom. The largest absolute Gasteiger partial charge is 0.573 e. The van der Waals surface area contributed by atoms with Gasteiger partial charge in [-0.05, 0) is 53.2 Å². The Labute approximate surface area is 141 Å². The van der Waals surface area contributed by atoms with E-state index in [4.69, 9.17) is 0 Å². The summed E-state index contributed by atoms with van der Waals surface area (Å²) in [6, 6.07) is 8.75. The van der Waals surface area contributed by atoms with E-state index >= 15 is 0 Å². The van der Waals surface area contributed by atoms with Gasteiger partial charge in [0.2, 0.25) is 5.75 Å². The molecule has 0 radical (unpaired) electrons. The number of hydrogen-bond acceptors (Lipinski definition) is 1. The van der Waals surface area contributed by atoms with Crippen molar-refractivity contribution in [3.8, 4) is 5.75 Å². The van der Waals surface area contributed by atoms with Crippen molar-refractivity contribution in [2.24, 2.45) is 0 Å². The molecule has 0 spiro atoms. The quantitative estimate of drug-likeness (QED) is 0.651. The highest BCUT2D eigenvalue weighted by atomic mass is 19.4. The second-order valence-corrected chi connectivity index (χ2v) is 5.85. The van der Waals surface area contributed by atoms with Gasteiger partial charge in [0, 0.05) is 0 Å². The third kappa shape index (κ3) is 3.67. The fourth-order valence-corrected chi connectivity index (χ4v) is 2.95. The molecule has 0 N–H and O–H groups in total. The Morgan fingerprint density at radius 3 is 2.36 bits per heavy atom. The van der Waals surface area contributed by atoms with Gasteiger partial charge in [0.05, 0.1) is 0 Å². The van der Waals surface area contributed by atoms with Crippen LogP contribution in [0.4, 0.5) is 22.0 Å². The van der Waals surface area contributed by atoms with E-state index in [1.54, 1.807) is 6.08 Å². The number of fused-ring (bicyclic) bond motifs is 1. The summed E-state index contributed by atoms with van der Waals surface area (Å²) in [5, 5.41) is 0. The predicted molar refractivity (Wildman–Crippen MR) is 84.2 cm³/mol. The molecule has 0 atom stereocenters. The van der Waals surface area contributed by atoms with Crippen LogP contribution in [0.3, 0.4) is 0 Å². The summed E-state index contributed by atoms with van der Waals surface area (Å²) in [5.74, 6) is -4.03. The first kappa shape index (κ1) is 17.5. The molecule has 0 heterocycles. The van der Waals surface area contributed by atoms with E-state index in [9.17, 15) is 22.0 Å². The van der Waals surface area contributed by atoms with Gasteiger partial charge in [-0.15, -0.1) is 13.2 Å². The molecule has 0 saturated carbocycles. The Hall–Kier alpha value is -2.37. The van der Waals surface area contributed by atoms with Crippen molar-refractivity contribution in [2.45, 2.75) is 32.5 Å². The van der Waals surface area contributed by atoms with Crippen molar-refractivity contribution >= 4 is 5.57 Å². The first-order valence-corrected chi connectivity index (χ1v) is 7.82. The summed E-state index contributed by atoms with van der Waals surface area (Å²) >= 11 is 0. The molecule has 0 fully saturated rings. The summed E-state index contributed by atoms with van der Waals surface area (Å²) in [7, 11) is 0. The first-order valence-electron chi connectivity index (χ1n) is 7.82. The summed E-state index contributed by atoms with van der Waals surface area (Å²) in [4.78, 5) is 0. The molecular weight excluding hydrogens is 339 g/mol. The molecule has 1 nitrogen and oxygen atoms in total. The first-order chi connectivity index (χ1) is 11.8. The second-order valence-electron chi connectivity index (χ2n) is 5.85. The molecule has 25 heavy (non-hydrogen) atoms. The molecule has 132 valence electrons. The highest BCUT2D eigenvalue weighted by Crippen LogP contribution is 2.36. The van der Waals surface area contributed by atoms with Crippen LogP contribution in [0, 0.1) is 11.6 Å². The maximum Gasteiger partial charge on any atom is 0.573 e. The third-order valence-corrected chi connectivity index (χ3v) is 4.25. The smallest absolute Gasteiger partial charge is 0.399 e. The van der Waals surface area contributed by atoms with Crippen LogP contribution in [-0.4, -0.2) is 6.36 Å². The van der Waals surface area contributed by atoms with Gasteiger partial charge in [0.15, 0.2) is 11.6 Å². The highest BCUT2D eigenvalue weighted by molar-refractivity contribution is 5.71. The molecule has 0 aliphatic heterocycles. The molecule has 6 heteroatoms. The number of ether oxygens (including phenoxy) is 1. The lowest BCUT2D eigenvalue weighted by molar-refractivity contribution is -0.276. The monoisotopic (exact) mass is 354 g/mol. The highest BCUT2D eigenvalue weighted by Gasteiger charge is 2.35. The molecule has 2 aromatic rings.